The lowest BCUT2D eigenvalue weighted by Gasteiger charge is -2.44. The molecule has 1 amide bonds. The quantitative estimate of drug-likeness (QED) is 0.753. The minimum absolute atomic E-state index is 0.0229. The number of carbonyl (C=O) groups excluding carboxylic acids is 2. The largest absolute Gasteiger partial charge is 0.486 e. The standard InChI is InChI=1S/C20H27NO5/c1-14-10-15(2)19-16(11-14)17(22)12-20(26-19)4-6-21(7-5-20)18(23)13-25-9-8-24-3/h10-11H,4-9,12-13H2,1-3H3. The monoisotopic (exact) mass is 361 g/mol. The zero-order valence-corrected chi connectivity index (χ0v) is 15.8. The summed E-state index contributed by atoms with van der Waals surface area (Å²) >= 11 is 0. The van der Waals surface area contributed by atoms with Gasteiger partial charge in [-0.3, -0.25) is 9.59 Å². The molecule has 1 spiro atoms. The van der Waals surface area contributed by atoms with Gasteiger partial charge in [-0.15, -0.1) is 0 Å². The van der Waals surface area contributed by atoms with Crippen molar-refractivity contribution in [2.24, 2.45) is 0 Å². The number of ketones is 1. The summed E-state index contributed by atoms with van der Waals surface area (Å²) in [5, 5.41) is 0. The van der Waals surface area contributed by atoms with Gasteiger partial charge in [-0.25, -0.2) is 0 Å². The molecule has 0 bridgehead atoms. The van der Waals surface area contributed by atoms with E-state index in [1.165, 1.54) is 0 Å². The van der Waals surface area contributed by atoms with Crippen molar-refractivity contribution in [2.45, 2.75) is 38.7 Å². The molecule has 26 heavy (non-hydrogen) atoms. The summed E-state index contributed by atoms with van der Waals surface area (Å²) in [6.45, 7) is 6.09. The second-order valence-electron chi connectivity index (χ2n) is 7.27. The maximum absolute atomic E-state index is 12.7. The van der Waals surface area contributed by atoms with Crippen molar-refractivity contribution in [3.63, 3.8) is 0 Å². The number of aryl methyl sites for hydroxylation is 2. The van der Waals surface area contributed by atoms with Crippen LogP contribution in [0, 0.1) is 13.8 Å². The third-order valence-electron chi connectivity index (χ3n) is 5.21. The first-order chi connectivity index (χ1) is 12.4. The predicted molar refractivity (Wildman–Crippen MR) is 96.7 cm³/mol. The van der Waals surface area contributed by atoms with Crippen LogP contribution in [0.25, 0.3) is 0 Å². The Morgan fingerprint density at radius 2 is 1.96 bits per heavy atom. The van der Waals surface area contributed by atoms with Crippen LogP contribution in [0.1, 0.15) is 40.7 Å². The van der Waals surface area contributed by atoms with Crippen LogP contribution in [0.5, 0.6) is 5.75 Å². The van der Waals surface area contributed by atoms with Crippen molar-refractivity contribution in [1.29, 1.82) is 0 Å². The van der Waals surface area contributed by atoms with Crippen LogP contribution >= 0.6 is 0 Å². The first kappa shape index (κ1) is 18.9. The van der Waals surface area contributed by atoms with Crippen molar-refractivity contribution >= 4 is 11.7 Å². The fourth-order valence-electron chi connectivity index (χ4n) is 3.77. The van der Waals surface area contributed by atoms with E-state index in [-0.39, 0.29) is 18.3 Å². The molecule has 1 fully saturated rings. The van der Waals surface area contributed by atoms with Gasteiger partial charge in [0.1, 0.15) is 18.0 Å². The summed E-state index contributed by atoms with van der Waals surface area (Å²) in [4.78, 5) is 26.7. The Labute approximate surface area is 154 Å². The Hall–Kier alpha value is -1.92. The van der Waals surface area contributed by atoms with Crippen LogP contribution in [0.15, 0.2) is 12.1 Å². The van der Waals surface area contributed by atoms with Gasteiger partial charge in [0.2, 0.25) is 5.91 Å². The summed E-state index contributed by atoms with van der Waals surface area (Å²) in [7, 11) is 1.60. The molecule has 0 N–H and O–H groups in total. The van der Waals surface area contributed by atoms with Gasteiger partial charge in [0, 0.05) is 33.0 Å². The number of Topliss-reactive ketones (excluding diaryl/α,β-unsaturated/α-hetero) is 1. The van der Waals surface area contributed by atoms with Gasteiger partial charge in [0.05, 0.1) is 25.2 Å². The van der Waals surface area contributed by atoms with Crippen molar-refractivity contribution in [3.8, 4) is 5.75 Å². The number of fused-ring (bicyclic) bond motifs is 1. The lowest BCUT2D eigenvalue weighted by molar-refractivity contribution is -0.140. The van der Waals surface area contributed by atoms with E-state index >= 15 is 0 Å². The normalized spacial score (nSPS) is 18.6. The number of methoxy groups -OCH3 is 1. The van der Waals surface area contributed by atoms with E-state index in [1.807, 2.05) is 26.0 Å². The average Bonchev–Trinajstić information content (AvgIpc) is 2.60. The number of benzene rings is 1. The Kier molecular flexibility index (Phi) is 5.63. The first-order valence-electron chi connectivity index (χ1n) is 9.12. The van der Waals surface area contributed by atoms with Crippen molar-refractivity contribution in [1.82, 2.24) is 4.90 Å². The second-order valence-corrected chi connectivity index (χ2v) is 7.27. The number of hydrogen-bond donors (Lipinski definition) is 0. The van der Waals surface area contributed by atoms with E-state index in [2.05, 4.69) is 0 Å². The molecule has 3 rings (SSSR count). The average molecular weight is 361 g/mol. The molecule has 2 aliphatic heterocycles. The smallest absolute Gasteiger partial charge is 0.248 e. The Bertz CT molecular complexity index is 692. The number of rotatable bonds is 5. The third kappa shape index (κ3) is 3.91. The molecular weight excluding hydrogens is 334 g/mol. The van der Waals surface area contributed by atoms with Crippen LogP contribution in [-0.4, -0.2) is 62.2 Å². The van der Waals surface area contributed by atoms with E-state index in [1.54, 1.807) is 12.0 Å². The van der Waals surface area contributed by atoms with Gasteiger partial charge in [-0.05, 0) is 31.0 Å². The predicted octanol–water partition coefficient (Wildman–Crippen LogP) is 2.29. The molecule has 0 saturated carbocycles. The van der Waals surface area contributed by atoms with Gasteiger partial charge in [-0.2, -0.15) is 0 Å². The molecule has 142 valence electrons. The van der Waals surface area contributed by atoms with E-state index in [0.717, 1.165) is 16.9 Å². The van der Waals surface area contributed by atoms with E-state index in [4.69, 9.17) is 14.2 Å². The maximum Gasteiger partial charge on any atom is 0.248 e. The summed E-state index contributed by atoms with van der Waals surface area (Å²) in [5.74, 6) is 0.834. The van der Waals surface area contributed by atoms with Gasteiger partial charge < -0.3 is 19.1 Å². The molecule has 0 unspecified atom stereocenters. The number of hydrogen-bond acceptors (Lipinski definition) is 5. The van der Waals surface area contributed by atoms with Gasteiger partial charge in [0.25, 0.3) is 0 Å². The highest BCUT2D eigenvalue weighted by Gasteiger charge is 2.44. The number of ether oxygens (including phenoxy) is 3. The Balaban J connectivity index is 1.62. The Morgan fingerprint density at radius 1 is 1.23 bits per heavy atom. The highest BCUT2D eigenvalue weighted by atomic mass is 16.5. The van der Waals surface area contributed by atoms with Crippen LogP contribution in [0.4, 0.5) is 0 Å². The number of amides is 1. The summed E-state index contributed by atoms with van der Waals surface area (Å²) in [6.07, 6.45) is 1.71. The molecule has 2 heterocycles. The molecule has 1 aromatic rings. The van der Waals surface area contributed by atoms with Gasteiger partial charge in [-0.1, -0.05) is 6.07 Å². The van der Waals surface area contributed by atoms with Gasteiger partial charge >= 0.3 is 0 Å². The highest BCUT2D eigenvalue weighted by molar-refractivity contribution is 6.01. The molecule has 0 atom stereocenters. The summed E-state index contributed by atoms with van der Waals surface area (Å²) in [6, 6.07) is 3.95. The summed E-state index contributed by atoms with van der Waals surface area (Å²) < 4.78 is 16.6. The van der Waals surface area contributed by atoms with Crippen LogP contribution < -0.4 is 4.74 Å². The number of likely N-dealkylation sites (tertiary alicyclic amines) is 1. The number of piperidine rings is 1. The van der Waals surface area contributed by atoms with Crippen molar-refractivity contribution in [2.75, 3.05) is 40.0 Å². The topological polar surface area (TPSA) is 65.1 Å². The number of nitrogens with zero attached hydrogens (tertiary/aromatic N) is 1. The summed E-state index contributed by atoms with van der Waals surface area (Å²) in [5.41, 5.74) is 2.27. The van der Waals surface area contributed by atoms with Crippen molar-refractivity contribution in [3.05, 3.63) is 28.8 Å². The first-order valence-corrected chi connectivity index (χ1v) is 9.12. The van der Waals surface area contributed by atoms with Crippen LogP contribution in [0.2, 0.25) is 0 Å². The zero-order chi connectivity index (χ0) is 18.7. The van der Waals surface area contributed by atoms with Gasteiger partial charge in [0.15, 0.2) is 5.78 Å². The minimum atomic E-state index is -0.488. The molecule has 0 aromatic heterocycles. The fourth-order valence-corrected chi connectivity index (χ4v) is 3.77. The molecule has 0 radical (unpaired) electrons. The highest BCUT2D eigenvalue weighted by Crippen LogP contribution is 2.41. The molecule has 0 aliphatic carbocycles. The second kappa shape index (κ2) is 7.76. The Morgan fingerprint density at radius 3 is 2.65 bits per heavy atom. The van der Waals surface area contributed by atoms with Crippen LogP contribution in [-0.2, 0) is 14.3 Å². The third-order valence-corrected chi connectivity index (χ3v) is 5.21. The fraction of sp³-hybridized carbons (Fsp3) is 0.600. The minimum Gasteiger partial charge on any atom is -0.486 e. The van der Waals surface area contributed by atoms with E-state index in [9.17, 15) is 9.59 Å². The zero-order valence-electron chi connectivity index (χ0n) is 15.8. The maximum atomic E-state index is 12.7. The van der Waals surface area contributed by atoms with E-state index in [0.29, 0.717) is 51.1 Å². The van der Waals surface area contributed by atoms with E-state index < -0.39 is 5.60 Å². The SMILES string of the molecule is COCCOCC(=O)N1CCC2(CC1)CC(=O)c1cc(C)cc(C)c1O2. The molecular formula is C20H27NO5. The van der Waals surface area contributed by atoms with Crippen LogP contribution in [0.3, 0.4) is 0 Å². The lowest BCUT2D eigenvalue weighted by Crippen LogP contribution is -2.53. The number of carbonyl (C=O) groups is 2. The molecule has 6 heteroatoms. The molecule has 1 saturated heterocycles. The molecule has 1 aromatic carbocycles. The molecule has 6 nitrogen and oxygen atoms in total. The van der Waals surface area contributed by atoms with Crippen molar-refractivity contribution < 1.29 is 23.8 Å². The molecule has 2 aliphatic rings. The lowest BCUT2D eigenvalue weighted by atomic mass is 9.81.